The highest BCUT2D eigenvalue weighted by Gasteiger charge is 2.13. The van der Waals surface area contributed by atoms with Crippen molar-refractivity contribution in [3.05, 3.63) is 23.8 Å². The smallest absolute Gasteiger partial charge is 0.191 e. The predicted octanol–water partition coefficient (Wildman–Crippen LogP) is 2.34. The number of nitrogens with one attached hydrogen (secondary N) is 2. The van der Waals surface area contributed by atoms with Gasteiger partial charge < -0.3 is 25.2 Å². The molecule has 0 bridgehead atoms. The number of hydrogen-bond donors (Lipinski definition) is 3. The van der Waals surface area contributed by atoms with Crippen LogP contribution in [0.5, 0.6) is 11.5 Å². The molecular formula is C18H31N3O3. The molecule has 2 unspecified atom stereocenters. The summed E-state index contributed by atoms with van der Waals surface area (Å²) in [5.74, 6) is 2.48. The van der Waals surface area contributed by atoms with Gasteiger partial charge in [0, 0.05) is 18.7 Å². The molecule has 0 fully saturated rings. The molecule has 0 aliphatic rings. The molecule has 1 aromatic rings. The summed E-state index contributed by atoms with van der Waals surface area (Å²) in [5.41, 5.74) is 0.711. The van der Waals surface area contributed by atoms with Gasteiger partial charge in [0.1, 0.15) is 11.5 Å². The molecule has 1 aromatic carbocycles. The number of aliphatic imine (C=N–C) groups is 1. The van der Waals surface area contributed by atoms with E-state index in [1.807, 2.05) is 6.92 Å². The molecule has 0 aliphatic carbocycles. The quantitative estimate of drug-likeness (QED) is 0.501. The molecule has 136 valence electrons. The van der Waals surface area contributed by atoms with Crippen molar-refractivity contribution in [3.8, 4) is 11.5 Å². The Labute approximate surface area is 145 Å². The Balaban J connectivity index is 2.85. The Morgan fingerprint density at radius 3 is 2.17 bits per heavy atom. The van der Waals surface area contributed by atoms with Crippen molar-refractivity contribution in [2.24, 2.45) is 10.9 Å². The predicted molar refractivity (Wildman–Crippen MR) is 97.9 cm³/mol. The maximum Gasteiger partial charge on any atom is 0.191 e. The van der Waals surface area contributed by atoms with E-state index in [9.17, 15) is 5.11 Å². The molecule has 0 aromatic heterocycles. The van der Waals surface area contributed by atoms with E-state index in [0.717, 1.165) is 6.54 Å². The zero-order chi connectivity index (χ0) is 18.1. The lowest BCUT2D eigenvalue weighted by atomic mass is 10.1. The minimum Gasteiger partial charge on any atom is -0.497 e. The minimum absolute atomic E-state index is 0.246. The lowest BCUT2D eigenvalue weighted by molar-refractivity contribution is 0.186. The van der Waals surface area contributed by atoms with Gasteiger partial charge in [-0.15, -0.1) is 0 Å². The number of aliphatic hydroxyl groups is 1. The molecule has 2 atom stereocenters. The van der Waals surface area contributed by atoms with Crippen LogP contribution in [0.25, 0.3) is 0 Å². The van der Waals surface area contributed by atoms with Crippen molar-refractivity contribution >= 4 is 5.96 Å². The molecule has 3 N–H and O–H groups in total. The van der Waals surface area contributed by atoms with E-state index in [1.165, 1.54) is 0 Å². The summed E-state index contributed by atoms with van der Waals surface area (Å²) in [6, 6.07) is 5.64. The second-order valence-corrected chi connectivity index (χ2v) is 6.06. The highest BCUT2D eigenvalue weighted by Crippen LogP contribution is 2.26. The maximum absolute atomic E-state index is 10.4. The van der Waals surface area contributed by atoms with Crippen LogP contribution in [0.2, 0.25) is 0 Å². The van der Waals surface area contributed by atoms with Crippen molar-refractivity contribution in [2.75, 3.05) is 27.3 Å². The fourth-order valence-corrected chi connectivity index (χ4v) is 2.01. The highest BCUT2D eigenvalue weighted by molar-refractivity contribution is 5.80. The monoisotopic (exact) mass is 337 g/mol. The first kappa shape index (κ1) is 20.1. The number of benzene rings is 1. The zero-order valence-corrected chi connectivity index (χ0v) is 15.6. The Hall–Kier alpha value is -1.95. The molecule has 0 heterocycles. The maximum atomic E-state index is 10.4. The molecule has 24 heavy (non-hydrogen) atoms. The minimum atomic E-state index is -0.737. The number of hydrogen-bond acceptors (Lipinski definition) is 4. The van der Waals surface area contributed by atoms with Gasteiger partial charge in [0.05, 0.1) is 26.9 Å². The summed E-state index contributed by atoms with van der Waals surface area (Å²) in [4.78, 5) is 4.49. The van der Waals surface area contributed by atoms with Crippen LogP contribution in [-0.2, 0) is 0 Å². The van der Waals surface area contributed by atoms with Crippen LogP contribution in [-0.4, -0.2) is 44.4 Å². The van der Waals surface area contributed by atoms with Crippen LogP contribution in [0.3, 0.4) is 0 Å². The van der Waals surface area contributed by atoms with E-state index in [4.69, 9.17) is 9.47 Å². The van der Waals surface area contributed by atoms with Crippen molar-refractivity contribution in [3.63, 3.8) is 0 Å². The van der Waals surface area contributed by atoms with Crippen molar-refractivity contribution in [1.29, 1.82) is 0 Å². The van der Waals surface area contributed by atoms with Gasteiger partial charge in [-0.25, -0.2) is 0 Å². The summed E-state index contributed by atoms with van der Waals surface area (Å²) in [6.45, 7) is 9.44. The zero-order valence-electron chi connectivity index (χ0n) is 15.6. The summed E-state index contributed by atoms with van der Waals surface area (Å²) >= 11 is 0. The summed E-state index contributed by atoms with van der Waals surface area (Å²) in [5, 5.41) is 17.0. The van der Waals surface area contributed by atoms with Crippen molar-refractivity contribution < 1.29 is 14.6 Å². The van der Waals surface area contributed by atoms with E-state index in [2.05, 4.69) is 36.4 Å². The van der Waals surface area contributed by atoms with Gasteiger partial charge in [-0.05, 0) is 37.5 Å². The van der Waals surface area contributed by atoms with Gasteiger partial charge in [-0.3, -0.25) is 4.99 Å². The fourth-order valence-electron chi connectivity index (χ4n) is 2.01. The van der Waals surface area contributed by atoms with Crippen LogP contribution < -0.4 is 20.1 Å². The lowest BCUT2D eigenvalue weighted by Gasteiger charge is -2.21. The molecule has 0 saturated heterocycles. The third-order valence-corrected chi connectivity index (χ3v) is 3.89. The van der Waals surface area contributed by atoms with Crippen LogP contribution >= 0.6 is 0 Å². The molecule has 6 nitrogen and oxygen atoms in total. The summed E-state index contributed by atoms with van der Waals surface area (Å²) < 4.78 is 10.5. The SMILES string of the molecule is CCNC(=NCC(O)c1cc(OC)cc(OC)c1)NC(C)C(C)C. The second kappa shape index (κ2) is 10.0. The summed E-state index contributed by atoms with van der Waals surface area (Å²) in [6.07, 6.45) is -0.737. The molecule has 0 saturated carbocycles. The number of ether oxygens (including phenoxy) is 2. The molecule has 0 radical (unpaired) electrons. The molecule has 1 rings (SSSR count). The summed E-state index contributed by atoms with van der Waals surface area (Å²) in [7, 11) is 3.17. The van der Waals surface area contributed by atoms with E-state index in [-0.39, 0.29) is 12.6 Å². The van der Waals surface area contributed by atoms with E-state index < -0.39 is 6.10 Å². The Morgan fingerprint density at radius 1 is 1.12 bits per heavy atom. The number of aliphatic hydroxyl groups excluding tert-OH is 1. The first-order chi connectivity index (χ1) is 11.4. The van der Waals surface area contributed by atoms with Crippen LogP contribution in [0.4, 0.5) is 0 Å². The van der Waals surface area contributed by atoms with Crippen molar-refractivity contribution in [2.45, 2.75) is 39.8 Å². The van der Waals surface area contributed by atoms with Crippen LogP contribution in [0.15, 0.2) is 23.2 Å². The van der Waals surface area contributed by atoms with Gasteiger partial charge >= 0.3 is 0 Å². The first-order valence-corrected chi connectivity index (χ1v) is 8.37. The topological polar surface area (TPSA) is 75.1 Å². The average Bonchev–Trinajstić information content (AvgIpc) is 2.58. The number of guanidine groups is 1. The highest BCUT2D eigenvalue weighted by atomic mass is 16.5. The first-order valence-electron chi connectivity index (χ1n) is 8.37. The Kier molecular flexibility index (Phi) is 8.40. The van der Waals surface area contributed by atoms with Gasteiger partial charge in [-0.2, -0.15) is 0 Å². The molecule has 0 spiro atoms. The van der Waals surface area contributed by atoms with Gasteiger partial charge in [0.15, 0.2) is 5.96 Å². The van der Waals surface area contributed by atoms with Gasteiger partial charge in [0.2, 0.25) is 0 Å². The Morgan fingerprint density at radius 2 is 1.71 bits per heavy atom. The van der Waals surface area contributed by atoms with E-state index in [1.54, 1.807) is 32.4 Å². The average molecular weight is 337 g/mol. The largest absolute Gasteiger partial charge is 0.497 e. The molecule has 0 aliphatic heterocycles. The van der Waals surface area contributed by atoms with Crippen molar-refractivity contribution in [1.82, 2.24) is 10.6 Å². The number of nitrogens with zero attached hydrogens (tertiary/aromatic N) is 1. The third kappa shape index (κ3) is 6.28. The van der Waals surface area contributed by atoms with Crippen LogP contribution in [0.1, 0.15) is 39.4 Å². The van der Waals surface area contributed by atoms with Crippen LogP contribution in [0, 0.1) is 5.92 Å². The Bertz CT molecular complexity index is 510. The van der Waals surface area contributed by atoms with Gasteiger partial charge in [0.25, 0.3) is 0 Å². The number of methoxy groups -OCH3 is 2. The normalized spacial score (nSPS) is 14.2. The second-order valence-electron chi connectivity index (χ2n) is 6.06. The third-order valence-electron chi connectivity index (χ3n) is 3.89. The molecule has 0 amide bonds. The fraction of sp³-hybridized carbons (Fsp3) is 0.611. The van der Waals surface area contributed by atoms with E-state index >= 15 is 0 Å². The molecular weight excluding hydrogens is 306 g/mol. The molecule has 6 heteroatoms. The van der Waals surface area contributed by atoms with Gasteiger partial charge in [-0.1, -0.05) is 13.8 Å². The standard InChI is InChI=1S/C18H31N3O3/c1-7-19-18(21-13(4)12(2)3)20-11-17(22)14-8-15(23-5)10-16(9-14)24-6/h8-10,12-13,17,22H,7,11H2,1-6H3,(H2,19,20,21). The lowest BCUT2D eigenvalue weighted by Crippen LogP contribution is -2.44. The van der Waals surface area contributed by atoms with E-state index in [0.29, 0.717) is 28.9 Å². The number of rotatable bonds is 8.